The predicted octanol–water partition coefficient (Wildman–Crippen LogP) is 4.50. The van der Waals surface area contributed by atoms with E-state index in [1.807, 2.05) is 43.4 Å². The second kappa shape index (κ2) is 6.76. The summed E-state index contributed by atoms with van der Waals surface area (Å²) in [5, 5.41) is 10.2. The number of rotatable bonds is 4. The van der Waals surface area contributed by atoms with Crippen LogP contribution in [0.3, 0.4) is 0 Å². The molecule has 2 aromatic carbocycles. The van der Waals surface area contributed by atoms with E-state index in [0.29, 0.717) is 22.2 Å². The number of hydrogen-bond acceptors (Lipinski definition) is 2. The van der Waals surface area contributed by atoms with Crippen molar-refractivity contribution < 1.29 is 0 Å². The van der Waals surface area contributed by atoms with Gasteiger partial charge in [0.05, 0.1) is 21.7 Å². The third kappa shape index (κ3) is 3.74. The van der Waals surface area contributed by atoms with E-state index in [1.54, 1.807) is 6.07 Å². The molecule has 0 aliphatic carbocycles. The maximum Gasteiger partial charge on any atom is 0.0995 e. The molecular formula is C16H14Cl2N2. The molecule has 2 rings (SSSR count). The topological polar surface area (TPSA) is 27.0 Å². The van der Waals surface area contributed by atoms with Crippen molar-refractivity contribution in [3.8, 4) is 6.07 Å². The fourth-order valence-corrected chi connectivity index (χ4v) is 2.38. The second-order valence-electron chi connectivity index (χ2n) is 4.69. The first kappa shape index (κ1) is 14.9. The van der Waals surface area contributed by atoms with Crippen LogP contribution in [0.2, 0.25) is 10.0 Å². The van der Waals surface area contributed by atoms with E-state index in [-0.39, 0.29) is 0 Å². The summed E-state index contributed by atoms with van der Waals surface area (Å²) < 4.78 is 0. The van der Waals surface area contributed by atoms with Crippen molar-refractivity contribution in [3.05, 3.63) is 69.2 Å². The lowest BCUT2D eigenvalue weighted by atomic mass is 10.1. The van der Waals surface area contributed by atoms with E-state index >= 15 is 0 Å². The number of hydrogen-bond donors (Lipinski definition) is 0. The Kier molecular flexibility index (Phi) is 5.03. The molecule has 0 amide bonds. The fourth-order valence-electron chi connectivity index (χ4n) is 2.06. The van der Waals surface area contributed by atoms with Crippen LogP contribution in [-0.2, 0) is 13.1 Å². The van der Waals surface area contributed by atoms with Crippen molar-refractivity contribution >= 4 is 23.2 Å². The summed E-state index contributed by atoms with van der Waals surface area (Å²) >= 11 is 11.9. The molecule has 2 aromatic rings. The third-order valence-corrected chi connectivity index (χ3v) is 3.75. The van der Waals surface area contributed by atoms with Crippen LogP contribution < -0.4 is 0 Å². The van der Waals surface area contributed by atoms with Gasteiger partial charge in [-0.25, -0.2) is 0 Å². The largest absolute Gasteiger partial charge is 0.298 e. The lowest BCUT2D eigenvalue weighted by molar-refractivity contribution is 0.319. The zero-order valence-corrected chi connectivity index (χ0v) is 12.6. The highest BCUT2D eigenvalue weighted by atomic mass is 35.5. The molecule has 4 heteroatoms. The molecule has 20 heavy (non-hydrogen) atoms. The minimum atomic E-state index is 0.563. The second-order valence-corrected chi connectivity index (χ2v) is 5.50. The Morgan fingerprint density at radius 3 is 2.50 bits per heavy atom. The minimum absolute atomic E-state index is 0.563. The van der Waals surface area contributed by atoms with E-state index < -0.39 is 0 Å². The van der Waals surface area contributed by atoms with Crippen molar-refractivity contribution in [1.29, 1.82) is 5.26 Å². The molecule has 102 valence electrons. The summed E-state index contributed by atoms with van der Waals surface area (Å²) in [6, 6.07) is 15.5. The zero-order chi connectivity index (χ0) is 14.5. The van der Waals surface area contributed by atoms with Gasteiger partial charge < -0.3 is 0 Å². The number of nitriles is 1. The molecule has 2 nitrogen and oxygen atoms in total. The van der Waals surface area contributed by atoms with E-state index in [9.17, 15) is 0 Å². The Balaban J connectivity index is 2.07. The maximum atomic E-state index is 9.09. The van der Waals surface area contributed by atoms with E-state index in [0.717, 1.165) is 17.7 Å². The Morgan fingerprint density at radius 2 is 1.80 bits per heavy atom. The molecule has 0 aliphatic rings. The highest BCUT2D eigenvalue weighted by Crippen LogP contribution is 2.23. The average Bonchev–Trinajstić information content (AvgIpc) is 2.43. The summed E-state index contributed by atoms with van der Waals surface area (Å²) in [6.07, 6.45) is 0. The molecule has 0 atom stereocenters. The lowest BCUT2D eigenvalue weighted by Crippen LogP contribution is -2.17. The van der Waals surface area contributed by atoms with Gasteiger partial charge in [0, 0.05) is 13.1 Å². The summed E-state index contributed by atoms with van der Waals surface area (Å²) in [5.74, 6) is 0. The van der Waals surface area contributed by atoms with Gasteiger partial charge in [0.2, 0.25) is 0 Å². The highest BCUT2D eigenvalue weighted by Gasteiger charge is 2.07. The van der Waals surface area contributed by atoms with Crippen LogP contribution in [0, 0.1) is 11.3 Å². The molecule has 0 aromatic heterocycles. The third-order valence-electron chi connectivity index (χ3n) is 3.01. The monoisotopic (exact) mass is 304 g/mol. The van der Waals surface area contributed by atoms with Crippen molar-refractivity contribution in [2.45, 2.75) is 13.1 Å². The van der Waals surface area contributed by atoms with Gasteiger partial charge in [0.15, 0.2) is 0 Å². The molecule has 0 N–H and O–H groups in total. The molecule has 0 saturated carbocycles. The van der Waals surface area contributed by atoms with E-state index in [4.69, 9.17) is 28.5 Å². The smallest absolute Gasteiger partial charge is 0.0995 e. The summed E-state index contributed by atoms with van der Waals surface area (Å²) in [7, 11) is 2.01. The van der Waals surface area contributed by atoms with Gasteiger partial charge in [-0.05, 0) is 36.4 Å². The summed E-state index contributed by atoms with van der Waals surface area (Å²) in [4.78, 5) is 2.13. The molecule has 0 unspecified atom stereocenters. The molecule has 0 saturated heterocycles. The van der Waals surface area contributed by atoms with Crippen molar-refractivity contribution in [2.75, 3.05) is 7.05 Å². The standard InChI is InChI=1S/C16H14Cl2N2/c1-20(10-12-6-7-15(17)16(18)8-12)11-14-5-3-2-4-13(14)9-19/h2-8H,10-11H2,1H3. The predicted molar refractivity (Wildman–Crippen MR) is 82.8 cm³/mol. The van der Waals surface area contributed by atoms with Gasteiger partial charge in [-0.2, -0.15) is 5.26 Å². The van der Waals surface area contributed by atoms with Gasteiger partial charge in [-0.1, -0.05) is 47.5 Å². The van der Waals surface area contributed by atoms with Crippen LogP contribution >= 0.6 is 23.2 Å². The first-order chi connectivity index (χ1) is 9.60. The van der Waals surface area contributed by atoms with Crippen LogP contribution in [0.5, 0.6) is 0 Å². The SMILES string of the molecule is CN(Cc1ccc(Cl)c(Cl)c1)Cc1ccccc1C#N. The molecule has 0 radical (unpaired) electrons. The first-order valence-electron chi connectivity index (χ1n) is 6.20. The Labute approximate surface area is 129 Å². The van der Waals surface area contributed by atoms with Gasteiger partial charge in [0.1, 0.15) is 0 Å². The van der Waals surface area contributed by atoms with E-state index in [1.165, 1.54) is 0 Å². The van der Waals surface area contributed by atoms with Gasteiger partial charge >= 0.3 is 0 Å². The van der Waals surface area contributed by atoms with Crippen LogP contribution in [0.1, 0.15) is 16.7 Å². The maximum absolute atomic E-state index is 9.09. The molecule has 0 heterocycles. The van der Waals surface area contributed by atoms with E-state index in [2.05, 4.69) is 11.0 Å². The van der Waals surface area contributed by atoms with Gasteiger partial charge in [-0.15, -0.1) is 0 Å². The summed E-state index contributed by atoms with van der Waals surface area (Å²) in [6.45, 7) is 1.46. The van der Waals surface area contributed by atoms with Crippen molar-refractivity contribution in [1.82, 2.24) is 4.90 Å². The van der Waals surface area contributed by atoms with Gasteiger partial charge in [-0.3, -0.25) is 4.90 Å². The molecule has 0 spiro atoms. The van der Waals surface area contributed by atoms with Crippen LogP contribution in [-0.4, -0.2) is 11.9 Å². The van der Waals surface area contributed by atoms with Crippen LogP contribution in [0.4, 0.5) is 0 Å². The normalized spacial score (nSPS) is 10.6. The highest BCUT2D eigenvalue weighted by molar-refractivity contribution is 6.42. The van der Waals surface area contributed by atoms with Crippen LogP contribution in [0.25, 0.3) is 0 Å². The number of benzene rings is 2. The molecule has 0 fully saturated rings. The number of nitrogens with zero attached hydrogens (tertiary/aromatic N) is 2. The quantitative estimate of drug-likeness (QED) is 0.831. The van der Waals surface area contributed by atoms with Crippen LogP contribution in [0.15, 0.2) is 42.5 Å². The average molecular weight is 305 g/mol. The van der Waals surface area contributed by atoms with Gasteiger partial charge in [0.25, 0.3) is 0 Å². The Morgan fingerprint density at radius 1 is 1.05 bits per heavy atom. The Hall–Kier alpha value is -1.53. The summed E-state index contributed by atoms with van der Waals surface area (Å²) in [5.41, 5.74) is 2.84. The fraction of sp³-hybridized carbons (Fsp3) is 0.188. The number of halogens is 2. The lowest BCUT2D eigenvalue weighted by Gasteiger charge is -2.17. The van der Waals surface area contributed by atoms with Crippen molar-refractivity contribution in [2.24, 2.45) is 0 Å². The Bertz CT molecular complexity index is 647. The molecule has 0 bridgehead atoms. The minimum Gasteiger partial charge on any atom is -0.298 e. The zero-order valence-electron chi connectivity index (χ0n) is 11.1. The van der Waals surface area contributed by atoms with Crippen molar-refractivity contribution in [3.63, 3.8) is 0 Å². The first-order valence-corrected chi connectivity index (χ1v) is 6.96. The molecular weight excluding hydrogens is 291 g/mol. The molecule has 0 aliphatic heterocycles.